The molecule has 0 aliphatic rings. The van der Waals surface area contributed by atoms with Crippen molar-refractivity contribution in [2.75, 3.05) is 6.54 Å². The Morgan fingerprint density at radius 1 is 1.19 bits per heavy atom. The first-order valence-electron chi connectivity index (χ1n) is 7.02. The summed E-state index contributed by atoms with van der Waals surface area (Å²) >= 11 is 5.92. The van der Waals surface area contributed by atoms with Crippen molar-refractivity contribution in [1.82, 2.24) is 15.5 Å². The van der Waals surface area contributed by atoms with Gasteiger partial charge < -0.3 is 10.1 Å². The van der Waals surface area contributed by atoms with Gasteiger partial charge in [0, 0.05) is 17.6 Å². The third kappa shape index (κ3) is 4.99. The van der Waals surface area contributed by atoms with Crippen molar-refractivity contribution in [2.24, 2.45) is 5.92 Å². The van der Waals surface area contributed by atoms with Crippen LogP contribution in [0.4, 0.5) is 0 Å². The Morgan fingerprint density at radius 2 is 2.00 bits per heavy atom. The molecule has 2 rings (SSSR count). The zero-order valence-electron chi connectivity index (χ0n) is 12.6. The van der Waals surface area contributed by atoms with Crippen molar-refractivity contribution in [3.63, 3.8) is 0 Å². The minimum atomic E-state index is 0.480. The minimum Gasteiger partial charge on any atom is -0.437 e. The molecule has 0 saturated heterocycles. The van der Waals surface area contributed by atoms with Crippen molar-refractivity contribution < 1.29 is 4.74 Å². The average molecular weight is 306 g/mol. The van der Waals surface area contributed by atoms with Gasteiger partial charge in [0.25, 0.3) is 0 Å². The number of hydrogen-bond acceptors (Lipinski definition) is 4. The second-order valence-corrected chi connectivity index (χ2v) is 5.84. The molecule has 21 heavy (non-hydrogen) atoms. The number of ether oxygens (including phenoxy) is 1. The molecular weight excluding hydrogens is 286 g/mol. The lowest BCUT2D eigenvalue weighted by Crippen LogP contribution is -2.19. The fraction of sp³-hybridized carbons (Fsp3) is 0.375. The van der Waals surface area contributed by atoms with Crippen LogP contribution in [-0.2, 0) is 6.54 Å². The Labute approximate surface area is 130 Å². The van der Waals surface area contributed by atoms with E-state index in [2.05, 4.69) is 29.4 Å². The predicted octanol–water partition coefficient (Wildman–Crippen LogP) is 3.98. The van der Waals surface area contributed by atoms with Crippen LogP contribution in [0.25, 0.3) is 0 Å². The number of nitrogens with one attached hydrogen (secondary N) is 1. The number of hydrogen-bond donors (Lipinski definition) is 1. The van der Waals surface area contributed by atoms with E-state index in [0.717, 1.165) is 23.6 Å². The molecule has 0 unspecified atom stereocenters. The van der Waals surface area contributed by atoms with Crippen molar-refractivity contribution in [3.8, 4) is 11.6 Å². The van der Waals surface area contributed by atoms with E-state index in [1.54, 1.807) is 6.07 Å². The summed E-state index contributed by atoms with van der Waals surface area (Å²) < 4.78 is 5.71. The Bertz CT molecular complexity index is 585. The standard InChI is InChI=1S/C16H20ClN3O/c1-11(2)9-18-10-14-5-7-16(20-19-14)21-15-6-4-13(17)8-12(15)3/h4-8,11,18H,9-10H2,1-3H3. The van der Waals surface area contributed by atoms with E-state index in [0.29, 0.717) is 23.4 Å². The lowest BCUT2D eigenvalue weighted by molar-refractivity contribution is 0.449. The van der Waals surface area contributed by atoms with Gasteiger partial charge in [-0.2, -0.15) is 5.10 Å². The van der Waals surface area contributed by atoms with Crippen molar-refractivity contribution >= 4 is 11.6 Å². The highest BCUT2D eigenvalue weighted by Crippen LogP contribution is 2.25. The summed E-state index contributed by atoms with van der Waals surface area (Å²) in [6.07, 6.45) is 0. The second kappa shape index (κ2) is 7.38. The molecular formula is C16H20ClN3O. The molecule has 4 nitrogen and oxygen atoms in total. The Kier molecular flexibility index (Phi) is 5.53. The highest BCUT2D eigenvalue weighted by atomic mass is 35.5. The maximum absolute atomic E-state index is 5.92. The number of nitrogens with zero attached hydrogens (tertiary/aromatic N) is 2. The first-order chi connectivity index (χ1) is 10.0. The molecule has 0 fully saturated rings. The molecule has 0 spiro atoms. The van der Waals surface area contributed by atoms with Crippen LogP contribution in [0.15, 0.2) is 30.3 Å². The molecule has 2 aromatic rings. The van der Waals surface area contributed by atoms with Crippen LogP contribution >= 0.6 is 11.6 Å². The molecule has 1 N–H and O–H groups in total. The quantitative estimate of drug-likeness (QED) is 0.877. The maximum Gasteiger partial charge on any atom is 0.238 e. The van der Waals surface area contributed by atoms with Crippen LogP contribution in [0.1, 0.15) is 25.1 Å². The predicted molar refractivity (Wildman–Crippen MR) is 84.8 cm³/mol. The SMILES string of the molecule is Cc1cc(Cl)ccc1Oc1ccc(CNCC(C)C)nn1. The molecule has 0 amide bonds. The molecule has 0 saturated carbocycles. The fourth-order valence-electron chi connectivity index (χ4n) is 1.83. The van der Waals surface area contributed by atoms with E-state index in [9.17, 15) is 0 Å². The van der Waals surface area contributed by atoms with Crippen LogP contribution in [0.2, 0.25) is 5.02 Å². The Morgan fingerprint density at radius 3 is 2.62 bits per heavy atom. The van der Waals surface area contributed by atoms with E-state index in [1.165, 1.54) is 0 Å². The zero-order chi connectivity index (χ0) is 15.2. The molecule has 0 bridgehead atoms. The van der Waals surface area contributed by atoms with E-state index in [1.807, 2.05) is 31.2 Å². The lowest BCUT2D eigenvalue weighted by Gasteiger charge is -2.09. The highest BCUT2D eigenvalue weighted by molar-refractivity contribution is 6.30. The second-order valence-electron chi connectivity index (χ2n) is 5.40. The molecule has 1 heterocycles. The first kappa shape index (κ1) is 15.7. The van der Waals surface area contributed by atoms with Gasteiger partial charge in [-0.05, 0) is 49.2 Å². The van der Waals surface area contributed by atoms with Crippen LogP contribution in [0.5, 0.6) is 11.6 Å². The summed E-state index contributed by atoms with van der Waals surface area (Å²) in [5.41, 5.74) is 1.86. The average Bonchev–Trinajstić information content (AvgIpc) is 2.43. The summed E-state index contributed by atoms with van der Waals surface area (Å²) in [5.74, 6) is 1.83. The molecule has 1 aromatic carbocycles. The summed E-state index contributed by atoms with van der Waals surface area (Å²) in [7, 11) is 0. The van der Waals surface area contributed by atoms with Crippen molar-refractivity contribution in [2.45, 2.75) is 27.3 Å². The van der Waals surface area contributed by atoms with Gasteiger partial charge in [0.15, 0.2) is 0 Å². The van der Waals surface area contributed by atoms with Crippen LogP contribution in [0, 0.1) is 12.8 Å². The van der Waals surface area contributed by atoms with Gasteiger partial charge in [-0.15, -0.1) is 5.10 Å². The lowest BCUT2D eigenvalue weighted by atomic mass is 10.2. The number of benzene rings is 1. The molecule has 5 heteroatoms. The first-order valence-corrected chi connectivity index (χ1v) is 7.39. The van der Waals surface area contributed by atoms with Crippen LogP contribution < -0.4 is 10.1 Å². The summed E-state index contributed by atoms with van der Waals surface area (Å²) in [6, 6.07) is 9.22. The van der Waals surface area contributed by atoms with Gasteiger partial charge >= 0.3 is 0 Å². The van der Waals surface area contributed by atoms with Gasteiger partial charge in [-0.3, -0.25) is 0 Å². The highest BCUT2D eigenvalue weighted by Gasteiger charge is 2.04. The van der Waals surface area contributed by atoms with Crippen LogP contribution in [0.3, 0.4) is 0 Å². The third-order valence-electron chi connectivity index (χ3n) is 2.91. The van der Waals surface area contributed by atoms with E-state index >= 15 is 0 Å². The fourth-order valence-corrected chi connectivity index (χ4v) is 2.05. The molecule has 0 aliphatic heterocycles. The number of aryl methyl sites for hydroxylation is 1. The van der Waals surface area contributed by atoms with Gasteiger partial charge in [0.05, 0.1) is 5.69 Å². The monoisotopic (exact) mass is 305 g/mol. The van der Waals surface area contributed by atoms with Gasteiger partial charge in [0.2, 0.25) is 5.88 Å². The van der Waals surface area contributed by atoms with Gasteiger partial charge in [-0.25, -0.2) is 0 Å². The Hall–Kier alpha value is -1.65. The maximum atomic E-state index is 5.92. The third-order valence-corrected chi connectivity index (χ3v) is 3.14. The zero-order valence-corrected chi connectivity index (χ0v) is 13.3. The number of halogens is 1. The molecule has 112 valence electrons. The van der Waals surface area contributed by atoms with E-state index < -0.39 is 0 Å². The molecule has 0 aliphatic carbocycles. The molecule has 0 radical (unpaired) electrons. The largest absolute Gasteiger partial charge is 0.437 e. The van der Waals surface area contributed by atoms with E-state index in [4.69, 9.17) is 16.3 Å². The summed E-state index contributed by atoms with van der Waals surface area (Å²) in [4.78, 5) is 0. The number of rotatable bonds is 6. The molecule has 1 aromatic heterocycles. The van der Waals surface area contributed by atoms with E-state index in [-0.39, 0.29) is 0 Å². The van der Waals surface area contributed by atoms with Gasteiger partial charge in [0.1, 0.15) is 5.75 Å². The van der Waals surface area contributed by atoms with Crippen LogP contribution in [-0.4, -0.2) is 16.7 Å². The van der Waals surface area contributed by atoms with Gasteiger partial charge in [-0.1, -0.05) is 25.4 Å². The summed E-state index contributed by atoms with van der Waals surface area (Å²) in [6.45, 7) is 7.96. The summed E-state index contributed by atoms with van der Waals surface area (Å²) in [5, 5.41) is 12.3. The topological polar surface area (TPSA) is 47.0 Å². The number of aromatic nitrogens is 2. The Balaban J connectivity index is 1.95. The minimum absolute atomic E-state index is 0.480. The smallest absolute Gasteiger partial charge is 0.238 e. The molecule has 0 atom stereocenters. The van der Waals surface area contributed by atoms with Crippen molar-refractivity contribution in [3.05, 3.63) is 46.6 Å². The normalized spacial score (nSPS) is 10.9. The van der Waals surface area contributed by atoms with Crippen molar-refractivity contribution in [1.29, 1.82) is 0 Å².